The van der Waals surface area contributed by atoms with Gasteiger partial charge >= 0.3 is 5.97 Å². The zero-order valence-electron chi connectivity index (χ0n) is 16.2. The van der Waals surface area contributed by atoms with Crippen LogP contribution in [0.1, 0.15) is 49.2 Å². The Morgan fingerprint density at radius 3 is 2.36 bits per heavy atom. The first kappa shape index (κ1) is 19.8. The summed E-state index contributed by atoms with van der Waals surface area (Å²) in [6.07, 6.45) is 0.423. The molecule has 0 radical (unpaired) electrons. The third-order valence-electron chi connectivity index (χ3n) is 4.79. The standard InChI is InChI=1S/C21H22F2N2O3/c1-21(2,3)19-11-17(14-9-16(23)18(28-4)10-15(14)22)25(24-19)13-7-5-12(6-8-13)20(26)27/h5-10,17H,11H2,1-4H3,(H,26,27). The van der Waals surface area contributed by atoms with Crippen molar-refractivity contribution in [1.29, 1.82) is 0 Å². The van der Waals surface area contributed by atoms with Crippen molar-refractivity contribution in [1.82, 2.24) is 0 Å². The summed E-state index contributed by atoms with van der Waals surface area (Å²) in [6, 6.07) is 7.77. The van der Waals surface area contributed by atoms with E-state index in [9.17, 15) is 13.6 Å². The Labute approximate surface area is 162 Å². The number of hydrogen-bond donors (Lipinski definition) is 1. The van der Waals surface area contributed by atoms with E-state index in [2.05, 4.69) is 5.10 Å². The third-order valence-corrected chi connectivity index (χ3v) is 4.79. The van der Waals surface area contributed by atoms with Gasteiger partial charge in [-0.1, -0.05) is 20.8 Å². The Balaban J connectivity index is 2.06. The maximum atomic E-state index is 14.7. The molecule has 1 unspecified atom stereocenters. The Morgan fingerprint density at radius 2 is 1.82 bits per heavy atom. The SMILES string of the molecule is COc1cc(F)c(C2CC(C(C)(C)C)=NN2c2ccc(C(=O)O)cc2)cc1F. The monoisotopic (exact) mass is 388 g/mol. The first-order chi connectivity index (χ1) is 13.1. The van der Waals surface area contributed by atoms with Crippen LogP contribution in [0.5, 0.6) is 5.75 Å². The van der Waals surface area contributed by atoms with E-state index in [0.717, 1.165) is 17.8 Å². The van der Waals surface area contributed by atoms with Gasteiger partial charge in [0.2, 0.25) is 0 Å². The van der Waals surface area contributed by atoms with E-state index < -0.39 is 23.6 Å². The molecular weight excluding hydrogens is 366 g/mol. The summed E-state index contributed by atoms with van der Waals surface area (Å²) in [5, 5.41) is 15.4. The number of nitrogens with zero attached hydrogens (tertiary/aromatic N) is 2. The van der Waals surface area contributed by atoms with Gasteiger partial charge in [-0.15, -0.1) is 0 Å². The largest absolute Gasteiger partial charge is 0.494 e. The molecule has 1 aliphatic heterocycles. The van der Waals surface area contributed by atoms with Gasteiger partial charge in [0.1, 0.15) is 5.82 Å². The molecule has 0 amide bonds. The molecule has 7 heteroatoms. The van der Waals surface area contributed by atoms with Crippen LogP contribution in [0.15, 0.2) is 41.5 Å². The highest BCUT2D eigenvalue weighted by Gasteiger charge is 2.36. The summed E-state index contributed by atoms with van der Waals surface area (Å²) in [6.45, 7) is 6.01. The van der Waals surface area contributed by atoms with E-state index in [0.29, 0.717) is 12.1 Å². The van der Waals surface area contributed by atoms with Gasteiger partial charge < -0.3 is 9.84 Å². The van der Waals surface area contributed by atoms with Crippen LogP contribution in [0, 0.1) is 17.0 Å². The number of anilines is 1. The van der Waals surface area contributed by atoms with Gasteiger partial charge in [0.15, 0.2) is 11.6 Å². The second kappa shape index (κ2) is 7.22. The zero-order chi connectivity index (χ0) is 20.6. The lowest BCUT2D eigenvalue weighted by Gasteiger charge is -2.25. The maximum absolute atomic E-state index is 14.7. The smallest absolute Gasteiger partial charge is 0.335 e. The number of carboxylic acid groups (broad SMARTS) is 1. The number of hydrogen-bond acceptors (Lipinski definition) is 4. The molecule has 28 heavy (non-hydrogen) atoms. The molecule has 1 atom stereocenters. The minimum Gasteiger partial charge on any atom is -0.494 e. The zero-order valence-corrected chi connectivity index (χ0v) is 16.2. The van der Waals surface area contributed by atoms with Crippen molar-refractivity contribution in [2.24, 2.45) is 10.5 Å². The molecule has 0 saturated carbocycles. The highest BCUT2D eigenvalue weighted by Crippen LogP contribution is 2.41. The molecule has 1 heterocycles. The Kier molecular flexibility index (Phi) is 5.10. The van der Waals surface area contributed by atoms with Crippen molar-refractivity contribution in [3.8, 4) is 5.75 Å². The van der Waals surface area contributed by atoms with E-state index in [-0.39, 0.29) is 22.3 Å². The molecule has 1 aliphatic rings. The van der Waals surface area contributed by atoms with E-state index in [1.54, 1.807) is 17.1 Å². The van der Waals surface area contributed by atoms with E-state index in [1.807, 2.05) is 20.8 Å². The summed E-state index contributed by atoms with van der Waals surface area (Å²) in [5.74, 6) is -2.43. The molecule has 3 rings (SSSR count). The summed E-state index contributed by atoms with van der Waals surface area (Å²) in [4.78, 5) is 11.1. The number of aromatic carboxylic acids is 1. The highest BCUT2D eigenvalue weighted by molar-refractivity contribution is 5.93. The van der Waals surface area contributed by atoms with Crippen molar-refractivity contribution in [3.05, 3.63) is 59.2 Å². The lowest BCUT2D eigenvalue weighted by Crippen LogP contribution is -2.21. The molecule has 0 aliphatic carbocycles. The topological polar surface area (TPSA) is 62.1 Å². The van der Waals surface area contributed by atoms with Crippen molar-refractivity contribution in [2.75, 3.05) is 12.1 Å². The van der Waals surface area contributed by atoms with Crippen LogP contribution < -0.4 is 9.75 Å². The van der Waals surface area contributed by atoms with Crippen LogP contribution in [0.4, 0.5) is 14.5 Å². The lowest BCUT2D eigenvalue weighted by atomic mass is 9.85. The van der Waals surface area contributed by atoms with Crippen LogP contribution in [0.25, 0.3) is 0 Å². The predicted molar refractivity (Wildman–Crippen MR) is 103 cm³/mol. The number of benzene rings is 2. The summed E-state index contributed by atoms with van der Waals surface area (Å²) < 4.78 is 33.9. The molecule has 0 bridgehead atoms. The summed E-state index contributed by atoms with van der Waals surface area (Å²) >= 11 is 0. The van der Waals surface area contributed by atoms with E-state index in [1.165, 1.54) is 19.2 Å². The fourth-order valence-electron chi connectivity index (χ4n) is 3.16. The Hall–Kier alpha value is -2.96. The molecular formula is C21H22F2N2O3. The van der Waals surface area contributed by atoms with Crippen molar-refractivity contribution in [3.63, 3.8) is 0 Å². The van der Waals surface area contributed by atoms with Gasteiger partial charge in [-0.3, -0.25) is 5.01 Å². The number of hydrazone groups is 1. The van der Waals surface area contributed by atoms with E-state index >= 15 is 0 Å². The second-order valence-electron chi connectivity index (χ2n) is 7.72. The second-order valence-corrected chi connectivity index (χ2v) is 7.72. The van der Waals surface area contributed by atoms with Gasteiger partial charge in [-0.05, 0) is 30.3 Å². The molecule has 0 fully saturated rings. The number of ether oxygens (including phenoxy) is 1. The fourth-order valence-corrected chi connectivity index (χ4v) is 3.16. The summed E-state index contributed by atoms with van der Waals surface area (Å²) in [5.41, 5.74) is 1.50. The molecule has 0 saturated heterocycles. The van der Waals surface area contributed by atoms with Crippen LogP contribution in [-0.2, 0) is 0 Å². The fraction of sp³-hybridized carbons (Fsp3) is 0.333. The van der Waals surface area contributed by atoms with Crippen molar-refractivity contribution >= 4 is 17.4 Å². The Bertz CT molecular complexity index is 934. The molecule has 0 spiro atoms. The predicted octanol–water partition coefficient (Wildman–Crippen LogP) is 5.03. The first-order valence-corrected chi connectivity index (χ1v) is 8.85. The quantitative estimate of drug-likeness (QED) is 0.798. The van der Waals surface area contributed by atoms with Gasteiger partial charge in [0, 0.05) is 29.2 Å². The molecule has 148 valence electrons. The van der Waals surface area contributed by atoms with Gasteiger partial charge in [-0.2, -0.15) is 5.10 Å². The van der Waals surface area contributed by atoms with Crippen molar-refractivity contribution < 1.29 is 23.4 Å². The van der Waals surface area contributed by atoms with Gasteiger partial charge in [0.05, 0.1) is 24.4 Å². The third kappa shape index (κ3) is 3.69. The van der Waals surface area contributed by atoms with Crippen LogP contribution >= 0.6 is 0 Å². The van der Waals surface area contributed by atoms with E-state index in [4.69, 9.17) is 9.84 Å². The van der Waals surface area contributed by atoms with Crippen LogP contribution in [0.3, 0.4) is 0 Å². The minimum atomic E-state index is -1.04. The average molecular weight is 388 g/mol. The number of methoxy groups -OCH3 is 1. The highest BCUT2D eigenvalue weighted by atomic mass is 19.1. The number of carbonyl (C=O) groups is 1. The molecule has 5 nitrogen and oxygen atoms in total. The first-order valence-electron chi connectivity index (χ1n) is 8.85. The number of carboxylic acids is 1. The molecule has 1 N–H and O–H groups in total. The summed E-state index contributed by atoms with van der Waals surface area (Å²) in [7, 11) is 1.28. The van der Waals surface area contributed by atoms with Gasteiger partial charge in [-0.25, -0.2) is 13.6 Å². The van der Waals surface area contributed by atoms with Crippen molar-refractivity contribution in [2.45, 2.75) is 33.2 Å². The average Bonchev–Trinajstić information content (AvgIpc) is 3.08. The maximum Gasteiger partial charge on any atom is 0.335 e. The molecule has 0 aromatic heterocycles. The van der Waals surface area contributed by atoms with Crippen LogP contribution in [-0.4, -0.2) is 23.9 Å². The number of rotatable bonds is 4. The number of halogens is 2. The molecule has 2 aromatic carbocycles. The van der Waals surface area contributed by atoms with Gasteiger partial charge in [0.25, 0.3) is 0 Å². The van der Waals surface area contributed by atoms with Crippen LogP contribution in [0.2, 0.25) is 0 Å². The minimum absolute atomic E-state index is 0.140. The normalized spacial score (nSPS) is 16.9. The lowest BCUT2D eigenvalue weighted by molar-refractivity contribution is 0.0697. The molecule has 2 aromatic rings. The Morgan fingerprint density at radius 1 is 1.18 bits per heavy atom.